The van der Waals surface area contributed by atoms with Gasteiger partial charge in [-0.2, -0.15) is 0 Å². The molecule has 2 aliphatic rings. The van der Waals surface area contributed by atoms with Crippen molar-refractivity contribution < 1.29 is 9.53 Å². The highest BCUT2D eigenvalue weighted by molar-refractivity contribution is 5.72. The van der Waals surface area contributed by atoms with E-state index in [0.717, 1.165) is 31.5 Å². The van der Waals surface area contributed by atoms with Gasteiger partial charge in [-0.1, -0.05) is 0 Å². The van der Waals surface area contributed by atoms with E-state index < -0.39 is 0 Å². The summed E-state index contributed by atoms with van der Waals surface area (Å²) in [6, 6.07) is 4.21. The Hall–Kier alpha value is -1.42. The van der Waals surface area contributed by atoms with Crippen molar-refractivity contribution in [2.24, 2.45) is 0 Å². The van der Waals surface area contributed by atoms with Crippen molar-refractivity contribution >= 4 is 12.0 Å². The molecule has 2 bridgehead atoms. The lowest BCUT2D eigenvalue weighted by atomic mass is 10.2. The summed E-state index contributed by atoms with van der Waals surface area (Å²) in [7, 11) is 0. The zero-order valence-corrected chi connectivity index (χ0v) is 8.30. The number of aromatic nitrogens is 1. The first-order valence-corrected chi connectivity index (χ1v) is 5.16. The Kier molecular flexibility index (Phi) is 1.95. The molecule has 0 radical (unpaired) electrons. The van der Waals surface area contributed by atoms with Gasteiger partial charge in [0.15, 0.2) is 6.29 Å². The van der Waals surface area contributed by atoms with Gasteiger partial charge < -0.3 is 9.64 Å². The summed E-state index contributed by atoms with van der Waals surface area (Å²) in [5, 5.41) is 0. The monoisotopic (exact) mass is 204 g/mol. The van der Waals surface area contributed by atoms with Crippen LogP contribution in [0, 0.1) is 0 Å². The molecule has 3 heterocycles. The van der Waals surface area contributed by atoms with Crippen molar-refractivity contribution in [3.05, 3.63) is 24.0 Å². The van der Waals surface area contributed by atoms with Crippen molar-refractivity contribution in [1.29, 1.82) is 0 Å². The van der Waals surface area contributed by atoms with Gasteiger partial charge in [0.1, 0.15) is 5.69 Å². The number of nitrogens with zero attached hydrogens (tertiary/aromatic N) is 2. The molecule has 78 valence electrons. The molecule has 0 unspecified atom stereocenters. The predicted molar refractivity (Wildman–Crippen MR) is 55.1 cm³/mol. The molecule has 15 heavy (non-hydrogen) atoms. The number of pyridine rings is 1. The zero-order valence-electron chi connectivity index (χ0n) is 8.30. The van der Waals surface area contributed by atoms with Gasteiger partial charge in [-0.3, -0.25) is 9.78 Å². The van der Waals surface area contributed by atoms with Crippen LogP contribution < -0.4 is 4.90 Å². The minimum atomic E-state index is 0.390. The zero-order chi connectivity index (χ0) is 10.3. The van der Waals surface area contributed by atoms with Gasteiger partial charge in [-0.25, -0.2) is 0 Å². The first-order valence-electron chi connectivity index (χ1n) is 5.16. The maximum absolute atomic E-state index is 10.5. The van der Waals surface area contributed by atoms with Gasteiger partial charge in [-0.05, 0) is 18.6 Å². The molecule has 2 saturated heterocycles. The van der Waals surface area contributed by atoms with E-state index in [1.807, 2.05) is 6.07 Å². The first-order chi connectivity index (χ1) is 7.36. The summed E-state index contributed by atoms with van der Waals surface area (Å²) in [6.07, 6.45) is 4.05. The van der Waals surface area contributed by atoms with Crippen LogP contribution in [-0.4, -0.2) is 36.6 Å². The molecule has 0 aliphatic carbocycles. The molecular formula is C11H12N2O2. The summed E-state index contributed by atoms with van der Waals surface area (Å²) < 4.78 is 5.53. The second kappa shape index (κ2) is 3.31. The molecule has 1 aromatic rings. The van der Waals surface area contributed by atoms with E-state index in [9.17, 15) is 4.79 Å². The first kappa shape index (κ1) is 8.85. The Balaban J connectivity index is 1.84. The average Bonchev–Trinajstić information content (AvgIpc) is 2.91. The van der Waals surface area contributed by atoms with Crippen molar-refractivity contribution in [3.8, 4) is 0 Å². The van der Waals surface area contributed by atoms with Crippen LogP contribution in [0.2, 0.25) is 0 Å². The quantitative estimate of drug-likeness (QED) is 0.670. The molecule has 0 spiro atoms. The van der Waals surface area contributed by atoms with Crippen molar-refractivity contribution in [1.82, 2.24) is 4.98 Å². The molecule has 2 aliphatic heterocycles. The summed E-state index contributed by atoms with van der Waals surface area (Å²) in [6.45, 7) is 1.77. The number of hydrogen-bond donors (Lipinski definition) is 0. The second-order valence-electron chi connectivity index (χ2n) is 4.06. The van der Waals surface area contributed by atoms with Gasteiger partial charge in [0.2, 0.25) is 0 Å². The summed E-state index contributed by atoms with van der Waals surface area (Å²) in [4.78, 5) is 16.9. The Morgan fingerprint density at radius 3 is 3.00 bits per heavy atom. The number of fused-ring (bicyclic) bond motifs is 2. The maximum Gasteiger partial charge on any atom is 0.168 e. The summed E-state index contributed by atoms with van der Waals surface area (Å²) >= 11 is 0. The summed E-state index contributed by atoms with van der Waals surface area (Å²) in [5.74, 6) is 0. The molecule has 0 N–H and O–H groups in total. The molecule has 0 aromatic carbocycles. The molecular weight excluding hydrogens is 192 g/mol. The Morgan fingerprint density at radius 1 is 1.53 bits per heavy atom. The van der Waals surface area contributed by atoms with Crippen molar-refractivity contribution in [2.45, 2.75) is 18.6 Å². The Labute approximate surface area is 87.9 Å². The van der Waals surface area contributed by atoms with Crippen LogP contribution in [0.1, 0.15) is 16.9 Å². The lowest BCUT2D eigenvalue weighted by Gasteiger charge is -2.28. The number of morpholine rings is 1. The van der Waals surface area contributed by atoms with Gasteiger partial charge in [0, 0.05) is 6.54 Å². The fraction of sp³-hybridized carbons (Fsp3) is 0.455. The number of anilines is 1. The third-order valence-corrected chi connectivity index (χ3v) is 3.12. The maximum atomic E-state index is 10.5. The fourth-order valence-corrected chi connectivity index (χ4v) is 2.35. The van der Waals surface area contributed by atoms with E-state index in [1.54, 1.807) is 12.3 Å². The molecule has 4 nitrogen and oxygen atoms in total. The molecule has 3 rings (SSSR count). The SMILES string of the molecule is O=Cc1ccc(N2C[C@@H]3C[C@H]2CO3)cn1. The highest BCUT2D eigenvalue weighted by Crippen LogP contribution is 2.31. The number of carbonyl (C=O) groups is 1. The summed E-state index contributed by atoms with van der Waals surface area (Å²) in [5.41, 5.74) is 1.58. The number of hydrogen-bond acceptors (Lipinski definition) is 4. The number of aldehydes is 1. The van der Waals surface area contributed by atoms with Crippen LogP contribution in [0.5, 0.6) is 0 Å². The van der Waals surface area contributed by atoms with Gasteiger partial charge >= 0.3 is 0 Å². The molecule has 2 atom stereocenters. The normalized spacial score (nSPS) is 28.4. The third-order valence-electron chi connectivity index (χ3n) is 3.12. The minimum absolute atomic E-state index is 0.390. The number of rotatable bonds is 2. The van der Waals surface area contributed by atoms with E-state index >= 15 is 0 Å². The van der Waals surface area contributed by atoms with E-state index in [-0.39, 0.29) is 0 Å². The number of carbonyl (C=O) groups excluding carboxylic acids is 1. The van der Waals surface area contributed by atoms with Crippen LogP contribution in [0.25, 0.3) is 0 Å². The smallest absolute Gasteiger partial charge is 0.168 e. The van der Waals surface area contributed by atoms with Crippen molar-refractivity contribution in [3.63, 3.8) is 0 Å². The second-order valence-corrected chi connectivity index (χ2v) is 4.06. The van der Waals surface area contributed by atoms with E-state index in [0.29, 0.717) is 17.8 Å². The van der Waals surface area contributed by atoms with Gasteiger partial charge in [0.05, 0.1) is 30.6 Å². The van der Waals surface area contributed by atoms with Crippen LogP contribution in [0.3, 0.4) is 0 Å². The Morgan fingerprint density at radius 2 is 2.47 bits per heavy atom. The third kappa shape index (κ3) is 1.41. The van der Waals surface area contributed by atoms with E-state index in [2.05, 4.69) is 9.88 Å². The largest absolute Gasteiger partial charge is 0.374 e. The fourth-order valence-electron chi connectivity index (χ4n) is 2.35. The highest BCUT2D eigenvalue weighted by atomic mass is 16.5. The van der Waals surface area contributed by atoms with Crippen molar-refractivity contribution in [2.75, 3.05) is 18.1 Å². The molecule has 0 amide bonds. The molecule has 2 fully saturated rings. The van der Waals surface area contributed by atoms with Crippen LogP contribution >= 0.6 is 0 Å². The molecule has 0 saturated carbocycles. The van der Waals surface area contributed by atoms with E-state index in [1.165, 1.54) is 0 Å². The standard InChI is InChI=1S/C11H12N2O2/c14-6-8-1-2-9(4-12-8)13-5-11-3-10(13)7-15-11/h1-2,4,6,10-11H,3,5,7H2/t10-,11-/m0/s1. The molecule has 1 aromatic heterocycles. The molecule has 4 heteroatoms. The lowest BCUT2D eigenvalue weighted by Crippen LogP contribution is -2.36. The topological polar surface area (TPSA) is 42.4 Å². The highest BCUT2D eigenvalue weighted by Gasteiger charge is 2.38. The minimum Gasteiger partial charge on any atom is -0.374 e. The average molecular weight is 204 g/mol. The van der Waals surface area contributed by atoms with Crippen LogP contribution in [0.4, 0.5) is 5.69 Å². The van der Waals surface area contributed by atoms with Crippen LogP contribution in [0.15, 0.2) is 18.3 Å². The Bertz CT molecular complexity index is 377. The van der Waals surface area contributed by atoms with E-state index in [4.69, 9.17) is 4.74 Å². The van der Waals surface area contributed by atoms with Gasteiger partial charge in [0.25, 0.3) is 0 Å². The predicted octanol–water partition coefficient (Wildman–Crippen LogP) is 0.872. The van der Waals surface area contributed by atoms with Gasteiger partial charge in [-0.15, -0.1) is 0 Å². The number of ether oxygens (including phenoxy) is 1. The van der Waals surface area contributed by atoms with Crippen LogP contribution in [-0.2, 0) is 4.74 Å². The lowest BCUT2D eigenvalue weighted by molar-refractivity contribution is 0.0991.